The molecule has 7 heteroatoms. The number of amides is 1. The molecule has 0 atom stereocenters. The largest absolute Gasteiger partial charge is 0.497 e. The van der Waals surface area contributed by atoms with Crippen molar-refractivity contribution in [3.8, 4) is 17.0 Å². The summed E-state index contributed by atoms with van der Waals surface area (Å²) in [7, 11) is 1.57. The van der Waals surface area contributed by atoms with Crippen LogP contribution in [0.25, 0.3) is 11.3 Å². The Bertz CT molecular complexity index is 984. The average Bonchev–Trinajstić information content (AvgIpc) is 2.66. The van der Waals surface area contributed by atoms with Crippen LogP contribution in [0.4, 0.5) is 0 Å². The van der Waals surface area contributed by atoms with Gasteiger partial charge in [-0.1, -0.05) is 29.8 Å². The number of halogens is 1. The highest BCUT2D eigenvalue weighted by Crippen LogP contribution is 2.20. The van der Waals surface area contributed by atoms with Gasteiger partial charge in [0.05, 0.1) is 12.8 Å². The minimum atomic E-state index is -0.596. The zero-order valence-corrected chi connectivity index (χ0v) is 14.7. The summed E-state index contributed by atoms with van der Waals surface area (Å²) in [5, 5.41) is 3.30. The highest BCUT2D eigenvalue weighted by atomic mass is 35.5. The summed E-state index contributed by atoms with van der Waals surface area (Å²) in [5.74, 6) is 0.274. The van der Waals surface area contributed by atoms with E-state index in [0.717, 1.165) is 5.56 Å². The van der Waals surface area contributed by atoms with E-state index in [4.69, 9.17) is 16.3 Å². The number of H-pyrrole nitrogens is 1. The minimum absolute atomic E-state index is 0.128. The van der Waals surface area contributed by atoms with E-state index in [1.54, 1.807) is 37.4 Å². The Kier molecular flexibility index (Phi) is 5.34. The Hall–Kier alpha value is -3.12. The van der Waals surface area contributed by atoms with E-state index in [2.05, 4.69) is 15.3 Å². The van der Waals surface area contributed by atoms with Gasteiger partial charge in [0.1, 0.15) is 11.4 Å². The Labute approximate surface area is 154 Å². The van der Waals surface area contributed by atoms with Crippen molar-refractivity contribution in [3.05, 3.63) is 81.4 Å². The third-order valence-electron chi connectivity index (χ3n) is 3.77. The minimum Gasteiger partial charge on any atom is -0.497 e. The first-order chi connectivity index (χ1) is 12.6. The van der Waals surface area contributed by atoms with Gasteiger partial charge in [0.15, 0.2) is 0 Å². The number of rotatable bonds is 5. The van der Waals surface area contributed by atoms with Crippen molar-refractivity contribution in [2.24, 2.45) is 0 Å². The Morgan fingerprint density at radius 2 is 1.92 bits per heavy atom. The van der Waals surface area contributed by atoms with E-state index in [0.29, 0.717) is 22.0 Å². The first kappa shape index (κ1) is 17.7. The molecular formula is C19H16ClN3O3. The van der Waals surface area contributed by atoms with Crippen molar-refractivity contribution >= 4 is 17.5 Å². The van der Waals surface area contributed by atoms with Crippen LogP contribution in [0.5, 0.6) is 5.75 Å². The molecular weight excluding hydrogens is 354 g/mol. The molecule has 1 aromatic heterocycles. The number of aromatic amines is 1. The van der Waals surface area contributed by atoms with E-state index in [9.17, 15) is 9.59 Å². The molecule has 6 nitrogen and oxygen atoms in total. The molecule has 2 N–H and O–H groups in total. The van der Waals surface area contributed by atoms with Crippen LogP contribution >= 0.6 is 11.6 Å². The predicted octanol–water partition coefficient (Wildman–Crippen LogP) is 3.03. The zero-order chi connectivity index (χ0) is 18.5. The zero-order valence-electron chi connectivity index (χ0n) is 14.0. The van der Waals surface area contributed by atoms with Crippen molar-refractivity contribution in [3.63, 3.8) is 0 Å². The monoisotopic (exact) mass is 369 g/mol. The number of methoxy groups -OCH3 is 1. The molecule has 26 heavy (non-hydrogen) atoms. The lowest BCUT2D eigenvalue weighted by Crippen LogP contribution is -2.27. The smallest absolute Gasteiger partial charge is 0.346 e. The van der Waals surface area contributed by atoms with Crippen LogP contribution in [-0.2, 0) is 6.54 Å². The Morgan fingerprint density at radius 1 is 1.19 bits per heavy atom. The van der Waals surface area contributed by atoms with Crippen LogP contribution in [0, 0.1) is 0 Å². The van der Waals surface area contributed by atoms with Crippen molar-refractivity contribution in [1.29, 1.82) is 0 Å². The molecule has 0 bridgehead atoms. The van der Waals surface area contributed by atoms with Gasteiger partial charge in [-0.25, -0.2) is 4.79 Å². The molecule has 0 aliphatic carbocycles. The van der Waals surface area contributed by atoms with Crippen LogP contribution in [0.15, 0.2) is 59.4 Å². The van der Waals surface area contributed by atoms with E-state index >= 15 is 0 Å². The fraction of sp³-hybridized carbons (Fsp3) is 0.105. The lowest BCUT2D eigenvalue weighted by molar-refractivity contribution is 0.0945. The van der Waals surface area contributed by atoms with Crippen molar-refractivity contribution in [2.45, 2.75) is 6.54 Å². The number of aromatic nitrogens is 2. The maximum absolute atomic E-state index is 12.4. The summed E-state index contributed by atoms with van der Waals surface area (Å²) in [6.07, 6.45) is 0. The molecule has 0 saturated heterocycles. The molecule has 0 aliphatic rings. The first-order valence-electron chi connectivity index (χ1n) is 7.84. The average molecular weight is 370 g/mol. The van der Waals surface area contributed by atoms with E-state index in [1.807, 2.05) is 18.2 Å². The molecule has 1 heterocycles. The number of carbonyl (C=O) groups is 1. The maximum atomic E-state index is 12.4. The molecule has 3 rings (SSSR count). The SMILES string of the molecule is COc1ccc(-c2cc(C(=O)NCc3ccccc3Cl)[nH]c(=O)n2)cc1. The normalized spacial score (nSPS) is 10.4. The summed E-state index contributed by atoms with van der Waals surface area (Å²) in [6, 6.07) is 15.8. The maximum Gasteiger partial charge on any atom is 0.346 e. The fourth-order valence-corrected chi connectivity index (χ4v) is 2.60. The summed E-state index contributed by atoms with van der Waals surface area (Å²) < 4.78 is 5.11. The molecule has 1 amide bonds. The standard InChI is InChI=1S/C19H16ClN3O3/c1-26-14-8-6-12(7-9-14)16-10-17(23-19(25)22-16)18(24)21-11-13-4-2-3-5-15(13)20/h2-10H,11H2,1H3,(H,21,24)(H,22,23,25). The van der Waals surface area contributed by atoms with Crippen molar-refractivity contribution in [1.82, 2.24) is 15.3 Å². The van der Waals surface area contributed by atoms with Crippen molar-refractivity contribution < 1.29 is 9.53 Å². The van der Waals surface area contributed by atoms with Crippen LogP contribution in [0.3, 0.4) is 0 Å². The second kappa shape index (κ2) is 7.84. The first-order valence-corrected chi connectivity index (χ1v) is 8.22. The summed E-state index contributed by atoms with van der Waals surface area (Å²) >= 11 is 6.08. The van der Waals surface area contributed by atoms with Crippen LogP contribution in [0.2, 0.25) is 5.02 Å². The number of hydrogen-bond donors (Lipinski definition) is 2. The van der Waals surface area contributed by atoms with Gasteiger partial charge in [-0.2, -0.15) is 4.98 Å². The number of nitrogens with zero attached hydrogens (tertiary/aromatic N) is 1. The topological polar surface area (TPSA) is 84.1 Å². The predicted molar refractivity (Wildman–Crippen MR) is 99.5 cm³/mol. The molecule has 2 aromatic carbocycles. The molecule has 132 valence electrons. The number of hydrogen-bond acceptors (Lipinski definition) is 4. The third kappa shape index (κ3) is 4.10. The fourth-order valence-electron chi connectivity index (χ4n) is 2.40. The van der Waals surface area contributed by atoms with Crippen LogP contribution < -0.4 is 15.7 Å². The molecule has 3 aromatic rings. The highest BCUT2D eigenvalue weighted by molar-refractivity contribution is 6.31. The van der Waals surface area contributed by atoms with Gasteiger partial charge in [-0.3, -0.25) is 4.79 Å². The van der Waals surface area contributed by atoms with Gasteiger partial charge in [-0.05, 0) is 42.0 Å². The molecule has 0 fully saturated rings. The molecule has 0 spiro atoms. The molecule has 0 saturated carbocycles. The van der Waals surface area contributed by atoms with Gasteiger partial charge >= 0.3 is 5.69 Å². The number of ether oxygens (including phenoxy) is 1. The Morgan fingerprint density at radius 3 is 2.62 bits per heavy atom. The second-order valence-electron chi connectivity index (χ2n) is 5.49. The second-order valence-corrected chi connectivity index (χ2v) is 5.89. The Balaban J connectivity index is 1.81. The summed E-state index contributed by atoms with van der Waals surface area (Å²) in [4.78, 5) is 30.6. The summed E-state index contributed by atoms with van der Waals surface area (Å²) in [5.41, 5.74) is 1.43. The number of nitrogens with one attached hydrogen (secondary N) is 2. The third-order valence-corrected chi connectivity index (χ3v) is 4.14. The molecule has 0 radical (unpaired) electrons. The number of carbonyl (C=O) groups excluding carboxylic acids is 1. The van der Waals surface area contributed by atoms with Gasteiger partial charge < -0.3 is 15.0 Å². The summed E-state index contributed by atoms with van der Waals surface area (Å²) in [6.45, 7) is 0.251. The quantitative estimate of drug-likeness (QED) is 0.724. The van der Waals surface area contributed by atoms with Gasteiger partial charge in [0, 0.05) is 17.1 Å². The molecule has 0 unspecified atom stereocenters. The van der Waals surface area contributed by atoms with Crippen LogP contribution in [-0.4, -0.2) is 23.0 Å². The molecule has 0 aliphatic heterocycles. The van der Waals surface area contributed by atoms with Gasteiger partial charge in [0.25, 0.3) is 5.91 Å². The lowest BCUT2D eigenvalue weighted by Gasteiger charge is -2.08. The number of benzene rings is 2. The van der Waals surface area contributed by atoms with E-state index in [-0.39, 0.29) is 12.2 Å². The van der Waals surface area contributed by atoms with E-state index in [1.165, 1.54) is 6.07 Å². The van der Waals surface area contributed by atoms with Crippen LogP contribution in [0.1, 0.15) is 16.1 Å². The lowest BCUT2D eigenvalue weighted by atomic mass is 10.1. The van der Waals surface area contributed by atoms with E-state index < -0.39 is 11.6 Å². The van der Waals surface area contributed by atoms with Crippen molar-refractivity contribution in [2.75, 3.05) is 7.11 Å². The van der Waals surface area contributed by atoms with Gasteiger partial charge in [0.2, 0.25) is 0 Å². The highest BCUT2D eigenvalue weighted by Gasteiger charge is 2.11. The van der Waals surface area contributed by atoms with Gasteiger partial charge in [-0.15, -0.1) is 0 Å².